The molecule has 0 amide bonds. The van der Waals surface area contributed by atoms with Crippen LogP contribution < -0.4 is 4.74 Å². The van der Waals surface area contributed by atoms with Crippen molar-refractivity contribution in [2.75, 3.05) is 0 Å². The van der Waals surface area contributed by atoms with Crippen molar-refractivity contribution in [1.29, 1.82) is 0 Å². The average Bonchev–Trinajstić information content (AvgIpc) is 2.48. The van der Waals surface area contributed by atoms with Crippen LogP contribution in [0.2, 0.25) is 0 Å². The van der Waals surface area contributed by atoms with E-state index < -0.39 is 6.10 Å². The number of hydrogen-bond acceptors (Lipinski definition) is 2. The zero-order valence-electron chi connectivity index (χ0n) is 13.6. The van der Waals surface area contributed by atoms with E-state index >= 15 is 0 Å². The molecular formula is C20H22O2. The summed E-state index contributed by atoms with van der Waals surface area (Å²) in [5.74, 6) is 0.864. The molecule has 2 nitrogen and oxygen atoms in total. The Hall–Kier alpha value is -2.06. The van der Waals surface area contributed by atoms with Crippen LogP contribution in [0.1, 0.15) is 47.8 Å². The molecule has 2 aromatic rings. The normalized spacial score (nSPS) is 16.8. The zero-order valence-corrected chi connectivity index (χ0v) is 13.6. The molecular weight excluding hydrogens is 272 g/mol. The van der Waals surface area contributed by atoms with Gasteiger partial charge in [0.05, 0.1) is 0 Å². The van der Waals surface area contributed by atoms with Crippen LogP contribution in [0.5, 0.6) is 5.75 Å². The Kier molecular flexibility index (Phi) is 3.57. The van der Waals surface area contributed by atoms with E-state index in [1.165, 1.54) is 11.1 Å². The molecule has 114 valence electrons. The summed E-state index contributed by atoms with van der Waals surface area (Å²) in [6.45, 7) is 8.21. The average molecular weight is 294 g/mol. The quantitative estimate of drug-likeness (QED) is 0.879. The van der Waals surface area contributed by atoms with Gasteiger partial charge in [-0.05, 0) is 68.2 Å². The predicted octanol–water partition coefficient (Wildman–Crippen LogP) is 4.57. The van der Waals surface area contributed by atoms with E-state index in [1.807, 2.05) is 44.2 Å². The third-order valence-electron chi connectivity index (χ3n) is 4.23. The van der Waals surface area contributed by atoms with Crippen LogP contribution in [0.3, 0.4) is 0 Å². The maximum atomic E-state index is 10.6. The third kappa shape index (κ3) is 2.79. The van der Waals surface area contributed by atoms with Gasteiger partial charge < -0.3 is 9.84 Å². The van der Waals surface area contributed by atoms with Crippen molar-refractivity contribution in [2.45, 2.75) is 39.4 Å². The Bertz CT molecular complexity index is 741. The maximum Gasteiger partial charge on any atom is 0.127 e. The van der Waals surface area contributed by atoms with E-state index in [4.69, 9.17) is 4.74 Å². The van der Waals surface area contributed by atoms with Gasteiger partial charge in [-0.2, -0.15) is 0 Å². The zero-order chi connectivity index (χ0) is 15.9. The van der Waals surface area contributed by atoms with Crippen LogP contribution in [0.4, 0.5) is 0 Å². The first-order valence-corrected chi connectivity index (χ1v) is 7.63. The predicted molar refractivity (Wildman–Crippen MR) is 90.2 cm³/mol. The number of ether oxygens (including phenoxy) is 1. The van der Waals surface area contributed by atoms with E-state index in [0.29, 0.717) is 0 Å². The van der Waals surface area contributed by atoms with Gasteiger partial charge in [-0.25, -0.2) is 0 Å². The number of fused-ring (bicyclic) bond motifs is 1. The summed E-state index contributed by atoms with van der Waals surface area (Å²) in [5.41, 5.74) is 4.97. The van der Waals surface area contributed by atoms with Crippen molar-refractivity contribution >= 4 is 6.08 Å². The number of aliphatic hydroxyl groups is 1. The minimum Gasteiger partial charge on any atom is -0.483 e. The van der Waals surface area contributed by atoms with Crippen molar-refractivity contribution < 1.29 is 9.84 Å². The van der Waals surface area contributed by atoms with Crippen molar-refractivity contribution in [1.82, 2.24) is 0 Å². The van der Waals surface area contributed by atoms with E-state index in [-0.39, 0.29) is 5.60 Å². The van der Waals surface area contributed by atoms with Crippen molar-refractivity contribution in [3.05, 3.63) is 70.3 Å². The topological polar surface area (TPSA) is 29.5 Å². The van der Waals surface area contributed by atoms with Gasteiger partial charge >= 0.3 is 0 Å². The van der Waals surface area contributed by atoms with Gasteiger partial charge in [-0.3, -0.25) is 0 Å². The molecule has 1 atom stereocenters. The number of benzene rings is 2. The Morgan fingerprint density at radius 3 is 2.36 bits per heavy atom. The van der Waals surface area contributed by atoms with Crippen molar-refractivity contribution in [3.63, 3.8) is 0 Å². The number of hydrogen-bond donors (Lipinski definition) is 1. The summed E-state index contributed by atoms with van der Waals surface area (Å²) in [5, 5.41) is 10.6. The van der Waals surface area contributed by atoms with Gasteiger partial charge in [0.1, 0.15) is 17.5 Å². The van der Waals surface area contributed by atoms with Crippen LogP contribution in [0.25, 0.3) is 6.08 Å². The van der Waals surface area contributed by atoms with Gasteiger partial charge in [-0.15, -0.1) is 0 Å². The summed E-state index contributed by atoms with van der Waals surface area (Å²) in [4.78, 5) is 0. The minimum atomic E-state index is -0.618. The lowest BCUT2D eigenvalue weighted by molar-refractivity contribution is 0.158. The summed E-state index contributed by atoms with van der Waals surface area (Å²) in [6.07, 6.45) is 3.49. The monoisotopic (exact) mass is 294 g/mol. The number of rotatable bonds is 2. The molecule has 22 heavy (non-hydrogen) atoms. The molecule has 3 rings (SSSR count). The number of aryl methyl sites for hydroxylation is 2. The Balaban J connectivity index is 1.94. The molecule has 2 aromatic carbocycles. The lowest BCUT2D eigenvalue weighted by Crippen LogP contribution is -2.27. The lowest BCUT2D eigenvalue weighted by Gasteiger charge is -2.28. The Morgan fingerprint density at radius 1 is 0.955 bits per heavy atom. The molecule has 0 aromatic heterocycles. The Labute approximate surface area is 132 Å². The van der Waals surface area contributed by atoms with Crippen LogP contribution >= 0.6 is 0 Å². The lowest BCUT2D eigenvalue weighted by atomic mass is 9.95. The summed E-state index contributed by atoms with van der Waals surface area (Å²) in [7, 11) is 0. The summed E-state index contributed by atoms with van der Waals surface area (Å²) < 4.78 is 5.93. The van der Waals surface area contributed by atoms with Gasteiger partial charge in [0.2, 0.25) is 0 Å². The van der Waals surface area contributed by atoms with Crippen LogP contribution in [0, 0.1) is 13.8 Å². The second kappa shape index (κ2) is 5.29. The molecule has 1 aliphatic heterocycles. The Morgan fingerprint density at radius 2 is 1.64 bits per heavy atom. The van der Waals surface area contributed by atoms with Crippen molar-refractivity contribution in [2.24, 2.45) is 0 Å². The molecule has 1 aliphatic rings. The highest BCUT2D eigenvalue weighted by molar-refractivity contribution is 5.62. The largest absolute Gasteiger partial charge is 0.483 e. The van der Waals surface area contributed by atoms with E-state index in [1.54, 1.807) is 0 Å². The molecule has 1 heterocycles. The SMILES string of the molecule is Cc1ccc(C(O)c2ccc3c(c2)C=CC(C)(C)O3)cc1C. The smallest absolute Gasteiger partial charge is 0.127 e. The van der Waals surface area contributed by atoms with Crippen molar-refractivity contribution in [3.8, 4) is 5.75 Å². The molecule has 0 saturated carbocycles. The highest BCUT2D eigenvalue weighted by Crippen LogP contribution is 2.34. The third-order valence-corrected chi connectivity index (χ3v) is 4.23. The fraction of sp³-hybridized carbons (Fsp3) is 0.300. The second-order valence-corrected chi connectivity index (χ2v) is 6.58. The maximum absolute atomic E-state index is 10.6. The molecule has 0 radical (unpaired) electrons. The fourth-order valence-corrected chi connectivity index (χ4v) is 2.70. The minimum absolute atomic E-state index is 0.277. The molecule has 1 unspecified atom stereocenters. The summed E-state index contributed by atoms with van der Waals surface area (Å²) in [6, 6.07) is 12.0. The first kappa shape index (κ1) is 14.9. The van der Waals surface area contributed by atoms with Gasteiger partial charge in [0.25, 0.3) is 0 Å². The molecule has 0 aliphatic carbocycles. The first-order chi connectivity index (χ1) is 10.4. The second-order valence-electron chi connectivity index (χ2n) is 6.58. The van der Waals surface area contributed by atoms with Gasteiger partial charge in [-0.1, -0.05) is 30.3 Å². The molecule has 1 N–H and O–H groups in total. The number of aliphatic hydroxyl groups excluding tert-OH is 1. The molecule has 2 heteroatoms. The molecule has 0 saturated heterocycles. The van der Waals surface area contributed by atoms with Crippen LogP contribution in [-0.4, -0.2) is 10.7 Å². The van der Waals surface area contributed by atoms with E-state index in [9.17, 15) is 5.11 Å². The molecule has 0 bridgehead atoms. The van der Waals surface area contributed by atoms with E-state index in [2.05, 4.69) is 32.1 Å². The van der Waals surface area contributed by atoms with Crippen LogP contribution in [-0.2, 0) is 0 Å². The fourth-order valence-electron chi connectivity index (χ4n) is 2.70. The van der Waals surface area contributed by atoms with Gasteiger partial charge in [0.15, 0.2) is 0 Å². The summed E-state index contributed by atoms with van der Waals surface area (Å²) >= 11 is 0. The van der Waals surface area contributed by atoms with Gasteiger partial charge in [0, 0.05) is 5.56 Å². The molecule has 0 fully saturated rings. The van der Waals surface area contributed by atoms with E-state index in [0.717, 1.165) is 22.4 Å². The molecule has 0 spiro atoms. The highest BCUT2D eigenvalue weighted by Gasteiger charge is 2.22. The standard InChI is InChI=1S/C20H22O2/c1-13-5-6-16(11-14(13)2)19(21)17-7-8-18-15(12-17)9-10-20(3,4)22-18/h5-12,19,21H,1-4H3. The van der Waals surface area contributed by atoms with Crippen LogP contribution in [0.15, 0.2) is 42.5 Å². The first-order valence-electron chi connectivity index (χ1n) is 7.63. The highest BCUT2D eigenvalue weighted by atomic mass is 16.5.